The molecule has 1 saturated carbocycles. The first kappa shape index (κ1) is 42.7. The van der Waals surface area contributed by atoms with Crippen molar-refractivity contribution in [3.05, 3.63) is 77.7 Å². The van der Waals surface area contributed by atoms with Crippen LogP contribution in [0.15, 0.2) is 72.1 Å². The lowest BCUT2D eigenvalue weighted by atomic mass is 9.92. The molecule has 0 bridgehead atoms. The number of fused-ring (bicyclic) bond motifs is 3. The Morgan fingerprint density at radius 2 is 1.90 bits per heavy atom. The van der Waals surface area contributed by atoms with Crippen LogP contribution in [-0.2, 0) is 25.1 Å². The Hall–Kier alpha value is -4.38. The van der Waals surface area contributed by atoms with Crippen molar-refractivity contribution in [2.24, 2.45) is 11.8 Å². The molecule has 0 spiro atoms. The van der Waals surface area contributed by atoms with E-state index < -0.39 is 30.6 Å². The quantitative estimate of drug-likeness (QED) is 0.0985. The van der Waals surface area contributed by atoms with E-state index in [1.54, 1.807) is 12.0 Å². The molecule has 13 heteroatoms. The molecule has 4 aromatic rings. The number of carbonyl (C=O) groups excluding carboxylic acids is 3. The lowest BCUT2D eigenvalue weighted by molar-refractivity contribution is -0.142. The summed E-state index contributed by atoms with van der Waals surface area (Å²) in [5.74, 6) is -0.0234. The van der Waals surface area contributed by atoms with Crippen LogP contribution in [0.4, 0.5) is 5.13 Å². The van der Waals surface area contributed by atoms with E-state index in [4.69, 9.17) is 19.4 Å². The molecule has 6 atom stereocenters. The van der Waals surface area contributed by atoms with Crippen molar-refractivity contribution in [1.29, 1.82) is 0 Å². The number of amides is 1. The molecule has 0 radical (unpaired) electrons. The van der Waals surface area contributed by atoms with Gasteiger partial charge in [-0.1, -0.05) is 62.2 Å². The summed E-state index contributed by atoms with van der Waals surface area (Å²) in [5, 5.41) is 5.69. The number of Topliss-reactive ketones (excluding diaryl/α,β-unsaturated/α-hetero) is 2. The van der Waals surface area contributed by atoms with E-state index >= 15 is 0 Å². The number of ketones is 2. The zero-order chi connectivity index (χ0) is 41.7. The van der Waals surface area contributed by atoms with Gasteiger partial charge in [-0.05, 0) is 69.6 Å². The molecule has 4 heterocycles. The fourth-order valence-corrected chi connectivity index (χ4v) is 12.2. The summed E-state index contributed by atoms with van der Waals surface area (Å²) < 4.78 is 26.9. The molecule has 1 amide bonds. The normalized spacial score (nSPS) is 25.4. The number of nitrogens with one attached hydrogen (secondary N) is 1. The Morgan fingerprint density at radius 1 is 1.08 bits per heavy atom. The third-order valence-corrected chi connectivity index (χ3v) is 15.7. The number of aromatic nitrogens is 2. The number of anilines is 1. The topological polar surface area (TPSA) is 148 Å². The zero-order valence-electron chi connectivity index (χ0n) is 34.6. The van der Waals surface area contributed by atoms with Gasteiger partial charge in [0.15, 0.2) is 10.9 Å². The molecule has 1 aliphatic carbocycles. The molecule has 2 fully saturated rings. The minimum absolute atomic E-state index is 0.0254. The lowest BCUT2D eigenvalue weighted by Crippen LogP contribution is -2.45. The zero-order valence-corrected chi connectivity index (χ0v) is 36.3. The Morgan fingerprint density at radius 3 is 2.66 bits per heavy atom. The molecule has 3 aliphatic rings. The van der Waals surface area contributed by atoms with Gasteiger partial charge in [-0.25, -0.2) is 9.97 Å². The first-order valence-electron chi connectivity index (χ1n) is 21.1. The predicted octanol–water partition coefficient (Wildman–Crippen LogP) is 9.62. The highest BCUT2D eigenvalue weighted by Gasteiger charge is 2.65. The van der Waals surface area contributed by atoms with Gasteiger partial charge in [-0.3, -0.25) is 18.9 Å². The molecule has 2 aliphatic heterocycles. The minimum atomic E-state index is -3.91. The number of rotatable bonds is 13. The van der Waals surface area contributed by atoms with E-state index in [2.05, 4.69) is 25.2 Å². The average Bonchev–Trinajstić information content (AvgIpc) is 3.48. The summed E-state index contributed by atoms with van der Waals surface area (Å²) in [5.41, 5.74) is 2.68. The van der Waals surface area contributed by atoms with Crippen LogP contribution in [0, 0.1) is 11.8 Å². The maximum absolute atomic E-state index is 14.8. The smallest absolute Gasteiger partial charge is 0.226 e. The van der Waals surface area contributed by atoms with Crippen LogP contribution in [0.1, 0.15) is 97.0 Å². The molecule has 1 saturated heterocycles. The van der Waals surface area contributed by atoms with Gasteiger partial charge in [0.25, 0.3) is 0 Å². The van der Waals surface area contributed by atoms with Crippen LogP contribution in [0.3, 0.4) is 0 Å². The van der Waals surface area contributed by atoms with E-state index in [0.717, 1.165) is 41.8 Å². The number of allylic oxidation sites excluding steroid dienone is 2. The number of pyridine rings is 1. The molecule has 2 N–H and O–H groups in total. The second kappa shape index (κ2) is 18.5. The van der Waals surface area contributed by atoms with Crippen LogP contribution < -0.4 is 14.8 Å². The van der Waals surface area contributed by atoms with Crippen LogP contribution in [0.5, 0.6) is 11.5 Å². The first-order valence-corrected chi connectivity index (χ1v) is 23.9. The lowest BCUT2D eigenvalue weighted by Gasteiger charge is -2.30. The Kier molecular flexibility index (Phi) is 13.4. The number of benzene rings is 2. The molecule has 11 nitrogen and oxygen atoms in total. The van der Waals surface area contributed by atoms with Gasteiger partial charge in [-0.2, -0.15) is 0 Å². The molecular formula is C46H57N4O7PS. The van der Waals surface area contributed by atoms with Crippen LogP contribution in [0.25, 0.3) is 22.3 Å². The summed E-state index contributed by atoms with van der Waals surface area (Å²) >= 11 is 1.49. The largest absolute Gasteiger partial charge is 0.497 e. The number of ether oxygens (including phenoxy) is 2. The molecular weight excluding hydrogens is 784 g/mol. The standard InChI is InChI=1S/C46H57N4O7PS/c1-5-14-34(51)21-32-17-12-7-6-8-13-18-33-25-46(33,58(54,55)28-31-15-10-9-11-16-31)26-42(52)41-23-36(27-50(41)44(32)53)57-43-24-39(40-29-59-45(49-40)47-30(2)3)48-38-22-35(56-4)19-20-37(38)43/h9-11,13,15-16,18-20,22,24,29-30,32-33,36,41H,5-8,12,14,17,21,23,25-28H2,1-4H3,(H,47,49)(H,54,55)/b18-13-/t32-,33+,36-,41+,46-/m1/s1. The third kappa shape index (κ3) is 9.82. The van der Waals surface area contributed by atoms with Gasteiger partial charge in [0, 0.05) is 60.5 Å². The van der Waals surface area contributed by atoms with Gasteiger partial charge in [0.05, 0.1) is 42.2 Å². The summed E-state index contributed by atoms with van der Waals surface area (Å²) in [6.07, 6.45) is 9.23. The first-order chi connectivity index (χ1) is 28.4. The molecule has 2 aromatic heterocycles. The third-order valence-electron chi connectivity index (χ3n) is 12.0. The maximum atomic E-state index is 14.8. The van der Waals surface area contributed by atoms with E-state index in [1.807, 2.05) is 73.0 Å². The van der Waals surface area contributed by atoms with E-state index in [-0.39, 0.29) is 61.4 Å². The number of hydrogen-bond donors (Lipinski definition) is 2. The SMILES string of the molecule is CCCC(=O)C[C@H]1CCCCC/C=C\[C@H]2C[C@@]2(P(=O)(O)Cc2ccccc2)CC(=O)[C@@H]2C[C@@H](Oc3cc(-c4csc(NC(C)C)n4)nc4cc(OC)ccc34)CN2C1=O. The van der Waals surface area contributed by atoms with Crippen LogP contribution in [-0.4, -0.2) is 74.2 Å². The van der Waals surface area contributed by atoms with Crippen molar-refractivity contribution >= 4 is 52.2 Å². The second-order valence-corrected chi connectivity index (χ2v) is 20.3. The highest BCUT2D eigenvalue weighted by molar-refractivity contribution is 7.59. The van der Waals surface area contributed by atoms with Crippen molar-refractivity contribution in [3.8, 4) is 22.9 Å². The highest BCUT2D eigenvalue weighted by Crippen LogP contribution is 2.74. The maximum Gasteiger partial charge on any atom is 0.226 e. The Labute approximate surface area is 351 Å². The Balaban J connectivity index is 1.24. The number of hydrogen-bond acceptors (Lipinski definition) is 10. The summed E-state index contributed by atoms with van der Waals surface area (Å²) in [6.45, 7) is 6.20. The molecule has 7 rings (SSSR count). The van der Waals surface area contributed by atoms with Gasteiger partial charge >= 0.3 is 0 Å². The second-order valence-electron chi connectivity index (χ2n) is 16.9. The molecule has 1 unspecified atom stereocenters. The van der Waals surface area contributed by atoms with E-state index in [0.29, 0.717) is 54.1 Å². The summed E-state index contributed by atoms with van der Waals surface area (Å²) in [6, 6.07) is 16.0. The van der Waals surface area contributed by atoms with E-state index in [1.165, 1.54) is 11.3 Å². The number of carbonyl (C=O) groups is 3. The van der Waals surface area contributed by atoms with Crippen LogP contribution in [0.2, 0.25) is 0 Å². The monoisotopic (exact) mass is 840 g/mol. The van der Waals surface area contributed by atoms with Crippen LogP contribution >= 0.6 is 18.7 Å². The highest BCUT2D eigenvalue weighted by atomic mass is 32.1. The number of methoxy groups -OCH3 is 1. The average molecular weight is 841 g/mol. The molecule has 314 valence electrons. The minimum Gasteiger partial charge on any atom is -0.497 e. The van der Waals surface area contributed by atoms with Crippen molar-refractivity contribution in [2.75, 3.05) is 19.0 Å². The summed E-state index contributed by atoms with van der Waals surface area (Å²) in [7, 11) is -2.31. The number of thiazole rings is 1. The van der Waals surface area contributed by atoms with Gasteiger partial charge in [-0.15, -0.1) is 11.3 Å². The molecule has 2 aromatic carbocycles. The van der Waals surface area contributed by atoms with Crippen molar-refractivity contribution < 1.29 is 33.3 Å². The Bertz CT molecular complexity index is 2230. The van der Waals surface area contributed by atoms with Crippen molar-refractivity contribution in [3.63, 3.8) is 0 Å². The van der Waals surface area contributed by atoms with Gasteiger partial charge in [0.1, 0.15) is 29.1 Å². The summed E-state index contributed by atoms with van der Waals surface area (Å²) in [4.78, 5) is 66.0. The number of nitrogens with zero attached hydrogens (tertiary/aromatic N) is 3. The fourth-order valence-electron chi connectivity index (χ4n) is 8.85. The fraction of sp³-hybridized carbons (Fsp3) is 0.500. The van der Waals surface area contributed by atoms with Crippen molar-refractivity contribution in [1.82, 2.24) is 14.9 Å². The van der Waals surface area contributed by atoms with Gasteiger partial charge < -0.3 is 24.6 Å². The molecule has 59 heavy (non-hydrogen) atoms. The predicted molar refractivity (Wildman–Crippen MR) is 233 cm³/mol. The van der Waals surface area contributed by atoms with E-state index in [9.17, 15) is 23.8 Å². The van der Waals surface area contributed by atoms with Gasteiger partial charge in [0.2, 0.25) is 13.3 Å². The van der Waals surface area contributed by atoms with Crippen molar-refractivity contribution in [2.45, 2.75) is 121 Å².